The lowest BCUT2D eigenvalue weighted by molar-refractivity contribution is -0.140. The van der Waals surface area contributed by atoms with Crippen LogP contribution in [-0.2, 0) is 9.59 Å². The van der Waals surface area contributed by atoms with E-state index in [0.717, 1.165) is 6.42 Å². The number of hydrogen-bond acceptors (Lipinski definition) is 6. The van der Waals surface area contributed by atoms with E-state index in [1.54, 1.807) is 43.5 Å². The highest BCUT2D eigenvalue weighted by Gasteiger charge is 2.46. The molecule has 1 saturated heterocycles. The Balaban J connectivity index is 2.13. The first-order valence-corrected chi connectivity index (χ1v) is 10.7. The second-order valence-electron chi connectivity index (χ2n) is 7.92. The Morgan fingerprint density at radius 1 is 1.09 bits per heavy atom. The minimum absolute atomic E-state index is 0.0734. The fraction of sp³-hybridized carbons (Fsp3) is 0.360. The molecule has 2 aromatic carbocycles. The minimum Gasteiger partial charge on any atom is -0.507 e. The number of aliphatic hydroxyl groups excluding tert-OH is 1. The summed E-state index contributed by atoms with van der Waals surface area (Å²) in [5.74, 6) is -0.410. The first-order chi connectivity index (χ1) is 15.4. The summed E-state index contributed by atoms with van der Waals surface area (Å²) < 4.78 is 11.3. The van der Waals surface area contributed by atoms with Gasteiger partial charge >= 0.3 is 0 Å². The predicted molar refractivity (Wildman–Crippen MR) is 123 cm³/mol. The van der Waals surface area contributed by atoms with E-state index in [1.807, 2.05) is 38.1 Å². The second-order valence-corrected chi connectivity index (χ2v) is 7.92. The van der Waals surface area contributed by atoms with Gasteiger partial charge in [0.15, 0.2) is 11.5 Å². The number of ether oxygens (including phenoxy) is 2. The van der Waals surface area contributed by atoms with Gasteiger partial charge in [0.25, 0.3) is 11.7 Å². The zero-order valence-corrected chi connectivity index (χ0v) is 19.0. The highest BCUT2D eigenvalue weighted by molar-refractivity contribution is 6.46. The molecule has 1 N–H and O–H groups in total. The molecule has 1 fully saturated rings. The van der Waals surface area contributed by atoms with Crippen LogP contribution >= 0.6 is 0 Å². The molecule has 1 heterocycles. The van der Waals surface area contributed by atoms with Crippen LogP contribution in [-0.4, -0.2) is 67.5 Å². The normalized spacial score (nSPS) is 17.8. The molecule has 1 aliphatic rings. The number of likely N-dealkylation sites (tertiary alicyclic amines) is 1. The monoisotopic (exact) mass is 438 g/mol. The Morgan fingerprint density at radius 3 is 2.44 bits per heavy atom. The number of aliphatic hydroxyl groups is 1. The van der Waals surface area contributed by atoms with Crippen LogP contribution in [0, 0.1) is 0 Å². The average molecular weight is 439 g/mol. The topological polar surface area (TPSA) is 79.3 Å². The number of carbonyl (C=O) groups is 2. The SMILES string of the molecule is CCCOc1ccc([C@H]2C(=C(O)c3ccccc3)C(=O)C(=O)N2CCN(C)C)cc1OC. The number of Topliss-reactive ketones (excluding diaryl/α,β-unsaturated/α-hetero) is 1. The summed E-state index contributed by atoms with van der Waals surface area (Å²) in [5.41, 5.74) is 1.23. The largest absolute Gasteiger partial charge is 0.507 e. The standard InChI is InChI=1S/C25H30N2O5/c1-5-15-32-19-12-11-18(16-20(19)31-4)22-21(23(28)17-9-7-6-8-10-17)24(29)25(30)27(22)14-13-26(2)3/h6-12,16,22,28H,5,13-15H2,1-4H3/t22-/m0/s1. The fourth-order valence-corrected chi connectivity index (χ4v) is 3.70. The molecule has 2 aromatic rings. The Morgan fingerprint density at radius 2 is 1.81 bits per heavy atom. The molecule has 0 spiro atoms. The van der Waals surface area contributed by atoms with Gasteiger partial charge in [0.1, 0.15) is 5.76 Å². The minimum atomic E-state index is -0.732. The van der Waals surface area contributed by atoms with Gasteiger partial charge in [-0.15, -0.1) is 0 Å². The van der Waals surface area contributed by atoms with Gasteiger partial charge in [-0.2, -0.15) is 0 Å². The van der Waals surface area contributed by atoms with Crippen LogP contribution in [0.3, 0.4) is 0 Å². The molecule has 1 amide bonds. The maximum absolute atomic E-state index is 13.0. The molecule has 1 aliphatic heterocycles. The summed E-state index contributed by atoms with van der Waals surface area (Å²) in [6.45, 7) is 3.47. The van der Waals surface area contributed by atoms with Gasteiger partial charge in [0, 0.05) is 18.7 Å². The Hall–Kier alpha value is -3.32. The maximum atomic E-state index is 13.0. The number of ketones is 1. The molecule has 3 rings (SSSR count). The summed E-state index contributed by atoms with van der Waals surface area (Å²) in [7, 11) is 5.35. The Bertz CT molecular complexity index is 1000. The quantitative estimate of drug-likeness (QED) is 0.367. The van der Waals surface area contributed by atoms with E-state index >= 15 is 0 Å². The highest BCUT2D eigenvalue weighted by atomic mass is 16.5. The van der Waals surface area contributed by atoms with Gasteiger partial charge in [-0.05, 0) is 38.2 Å². The van der Waals surface area contributed by atoms with Crippen molar-refractivity contribution in [3.8, 4) is 11.5 Å². The van der Waals surface area contributed by atoms with E-state index in [9.17, 15) is 14.7 Å². The number of hydrogen-bond donors (Lipinski definition) is 1. The molecule has 7 nitrogen and oxygen atoms in total. The number of benzene rings is 2. The van der Waals surface area contributed by atoms with E-state index in [1.165, 1.54) is 4.90 Å². The molecule has 170 valence electrons. The summed E-state index contributed by atoms with van der Waals surface area (Å²) in [4.78, 5) is 29.5. The molecule has 0 saturated carbocycles. The Kier molecular flexibility index (Phi) is 7.53. The molecule has 0 bridgehead atoms. The average Bonchev–Trinajstić information content (AvgIpc) is 3.06. The van der Waals surface area contributed by atoms with Crippen molar-refractivity contribution in [1.82, 2.24) is 9.80 Å². The molecule has 0 aromatic heterocycles. The zero-order valence-electron chi connectivity index (χ0n) is 19.0. The van der Waals surface area contributed by atoms with Crippen molar-refractivity contribution in [3.63, 3.8) is 0 Å². The Labute approximate surface area is 188 Å². The van der Waals surface area contributed by atoms with Crippen LogP contribution in [0.1, 0.15) is 30.5 Å². The van der Waals surface area contributed by atoms with E-state index in [2.05, 4.69) is 0 Å². The summed E-state index contributed by atoms with van der Waals surface area (Å²) >= 11 is 0. The van der Waals surface area contributed by atoms with Crippen molar-refractivity contribution < 1.29 is 24.2 Å². The van der Waals surface area contributed by atoms with Crippen LogP contribution in [0.15, 0.2) is 54.1 Å². The van der Waals surface area contributed by atoms with Gasteiger partial charge in [-0.25, -0.2) is 0 Å². The van der Waals surface area contributed by atoms with E-state index in [4.69, 9.17) is 9.47 Å². The summed E-state index contributed by atoms with van der Waals surface area (Å²) in [6.07, 6.45) is 0.854. The van der Waals surface area contributed by atoms with Gasteiger partial charge < -0.3 is 24.4 Å². The van der Waals surface area contributed by atoms with E-state index in [0.29, 0.717) is 42.3 Å². The molecule has 0 aliphatic carbocycles. The van der Waals surface area contributed by atoms with Crippen LogP contribution in [0.4, 0.5) is 0 Å². The number of likely N-dealkylation sites (N-methyl/N-ethyl adjacent to an activating group) is 1. The number of nitrogens with zero attached hydrogens (tertiary/aromatic N) is 2. The third-order valence-electron chi connectivity index (χ3n) is 5.34. The lowest BCUT2D eigenvalue weighted by Crippen LogP contribution is -2.35. The molecule has 0 unspecified atom stereocenters. The van der Waals surface area contributed by atoms with Gasteiger partial charge in [-0.3, -0.25) is 9.59 Å². The van der Waals surface area contributed by atoms with Crippen molar-refractivity contribution in [2.24, 2.45) is 0 Å². The lowest BCUT2D eigenvalue weighted by Gasteiger charge is -2.27. The van der Waals surface area contributed by atoms with Gasteiger partial charge in [0.2, 0.25) is 0 Å². The van der Waals surface area contributed by atoms with Crippen molar-refractivity contribution >= 4 is 17.4 Å². The summed E-state index contributed by atoms with van der Waals surface area (Å²) in [5, 5.41) is 11.0. The molecule has 0 radical (unpaired) electrons. The number of amides is 1. The number of carbonyl (C=O) groups excluding carboxylic acids is 2. The van der Waals surface area contributed by atoms with Crippen LogP contribution in [0.5, 0.6) is 11.5 Å². The lowest BCUT2D eigenvalue weighted by atomic mass is 9.95. The van der Waals surface area contributed by atoms with E-state index in [-0.39, 0.29) is 11.3 Å². The summed E-state index contributed by atoms with van der Waals surface area (Å²) in [6, 6.07) is 13.4. The van der Waals surface area contributed by atoms with Crippen LogP contribution < -0.4 is 9.47 Å². The van der Waals surface area contributed by atoms with E-state index < -0.39 is 17.7 Å². The first-order valence-electron chi connectivity index (χ1n) is 10.7. The smallest absolute Gasteiger partial charge is 0.295 e. The second kappa shape index (κ2) is 10.3. The molecule has 32 heavy (non-hydrogen) atoms. The molecule has 7 heteroatoms. The molecular weight excluding hydrogens is 408 g/mol. The fourth-order valence-electron chi connectivity index (χ4n) is 3.70. The third-order valence-corrected chi connectivity index (χ3v) is 5.34. The van der Waals surface area contributed by atoms with Crippen molar-refractivity contribution in [2.75, 3.05) is 40.9 Å². The van der Waals surface area contributed by atoms with Crippen molar-refractivity contribution in [2.45, 2.75) is 19.4 Å². The van der Waals surface area contributed by atoms with Crippen molar-refractivity contribution in [1.29, 1.82) is 0 Å². The van der Waals surface area contributed by atoms with Crippen molar-refractivity contribution in [3.05, 3.63) is 65.2 Å². The first kappa shape index (κ1) is 23.3. The molecular formula is C25H30N2O5. The highest BCUT2D eigenvalue weighted by Crippen LogP contribution is 2.41. The number of methoxy groups -OCH3 is 1. The third kappa shape index (κ3) is 4.78. The van der Waals surface area contributed by atoms with Crippen LogP contribution in [0.2, 0.25) is 0 Å². The predicted octanol–water partition coefficient (Wildman–Crippen LogP) is 3.47. The van der Waals surface area contributed by atoms with Crippen LogP contribution in [0.25, 0.3) is 5.76 Å². The zero-order chi connectivity index (χ0) is 23.3. The maximum Gasteiger partial charge on any atom is 0.295 e. The van der Waals surface area contributed by atoms with Gasteiger partial charge in [0.05, 0.1) is 25.3 Å². The van der Waals surface area contributed by atoms with Gasteiger partial charge in [-0.1, -0.05) is 43.3 Å². The number of rotatable bonds is 9. The molecule has 1 atom stereocenters.